The third kappa shape index (κ3) is 2.26. The van der Waals surface area contributed by atoms with Crippen molar-refractivity contribution >= 4 is 27.3 Å². The van der Waals surface area contributed by atoms with Gasteiger partial charge in [0, 0.05) is 13.1 Å². The molecule has 0 radical (unpaired) electrons. The normalized spacial score (nSPS) is 21.1. The zero-order valence-corrected chi connectivity index (χ0v) is 11.2. The molecule has 2 rings (SSSR count). The quantitative estimate of drug-likeness (QED) is 0.767. The van der Waals surface area contributed by atoms with Crippen LogP contribution in [0.3, 0.4) is 0 Å². The van der Waals surface area contributed by atoms with Gasteiger partial charge in [-0.1, -0.05) is 0 Å². The standard InChI is InChI=1S/C9H12N2O5S2/c1-16-8(13)7-9(17-5-10-7)18(14,15)11-3-2-6(12)4-11/h5-6,12H,2-4H2,1H3. The highest BCUT2D eigenvalue weighted by atomic mass is 32.2. The van der Waals surface area contributed by atoms with Gasteiger partial charge in [-0.3, -0.25) is 0 Å². The fourth-order valence-corrected chi connectivity index (χ4v) is 4.46. The number of aliphatic hydroxyl groups excluding tert-OH is 1. The summed E-state index contributed by atoms with van der Waals surface area (Å²) >= 11 is 0.865. The minimum atomic E-state index is -3.79. The van der Waals surface area contributed by atoms with E-state index in [4.69, 9.17) is 0 Å². The lowest BCUT2D eigenvalue weighted by atomic mass is 10.3. The molecule has 0 spiro atoms. The molecule has 100 valence electrons. The number of ether oxygens (including phenoxy) is 1. The Morgan fingerprint density at radius 3 is 2.94 bits per heavy atom. The Morgan fingerprint density at radius 2 is 2.39 bits per heavy atom. The Hall–Kier alpha value is -1.03. The summed E-state index contributed by atoms with van der Waals surface area (Å²) < 4.78 is 30.0. The molecule has 1 fully saturated rings. The minimum Gasteiger partial charge on any atom is -0.464 e. The second kappa shape index (κ2) is 4.92. The maximum absolute atomic E-state index is 12.3. The van der Waals surface area contributed by atoms with E-state index in [0.29, 0.717) is 6.42 Å². The van der Waals surface area contributed by atoms with Crippen LogP contribution in [0.1, 0.15) is 16.9 Å². The summed E-state index contributed by atoms with van der Waals surface area (Å²) in [6.45, 7) is 0.281. The van der Waals surface area contributed by atoms with Gasteiger partial charge in [0.05, 0.1) is 18.7 Å². The van der Waals surface area contributed by atoms with Crippen LogP contribution in [0.25, 0.3) is 0 Å². The number of aliphatic hydroxyl groups is 1. The minimum absolute atomic E-state index is 0.0425. The molecule has 1 N–H and O–H groups in total. The van der Waals surface area contributed by atoms with Gasteiger partial charge in [0.1, 0.15) is 0 Å². The van der Waals surface area contributed by atoms with Gasteiger partial charge >= 0.3 is 5.97 Å². The van der Waals surface area contributed by atoms with Gasteiger partial charge < -0.3 is 9.84 Å². The molecule has 1 saturated heterocycles. The third-order valence-corrected chi connectivity index (χ3v) is 5.83. The molecule has 18 heavy (non-hydrogen) atoms. The average molecular weight is 292 g/mol. The van der Waals surface area contributed by atoms with E-state index in [0.717, 1.165) is 22.8 Å². The van der Waals surface area contributed by atoms with Gasteiger partial charge in [-0.15, -0.1) is 11.3 Å². The largest absolute Gasteiger partial charge is 0.464 e. The van der Waals surface area contributed by atoms with E-state index in [1.54, 1.807) is 0 Å². The summed E-state index contributed by atoms with van der Waals surface area (Å²) in [6.07, 6.45) is -0.264. The van der Waals surface area contributed by atoms with E-state index in [-0.39, 0.29) is 23.0 Å². The topological polar surface area (TPSA) is 96.8 Å². The van der Waals surface area contributed by atoms with Crippen LogP contribution in [0, 0.1) is 0 Å². The highest BCUT2D eigenvalue weighted by Crippen LogP contribution is 2.27. The number of carbonyl (C=O) groups is 1. The summed E-state index contributed by atoms with van der Waals surface area (Å²) in [4.78, 5) is 15.1. The molecular weight excluding hydrogens is 280 g/mol. The third-order valence-electron chi connectivity index (χ3n) is 2.61. The van der Waals surface area contributed by atoms with Crippen LogP contribution in [-0.2, 0) is 14.8 Å². The first-order valence-corrected chi connectivity index (χ1v) is 7.49. The number of nitrogens with zero attached hydrogens (tertiary/aromatic N) is 2. The molecule has 0 saturated carbocycles. The van der Waals surface area contributed by atoms with E-state index in [2.05, 4.69) is 9.72 Å². The number of aromatic nitrogens is 1. The first kappa shape index (κ1) is 13.4. The van der Waals surface area contributed by atoms with Gasteiger partial charge in [-0.2, -0.15) is 4.31 Å². The monoisotopic (exact) mass is 292 g/mol. The van der Waals surface area contributed by atoms with Crippen LogP contribution in [-0.4, -0.2) is 55.1 Å². The van der Waals surface area contributed by atoms with E-state index in [1.165, 1.54) is 5.51 Å². The number of thiazole rings is 1. The zero-order chi connectivity index (χ0) is 13.3. The van der Waals surface area contributed by atoms with Crippen molar-refractivity contribution in [1.29, 1.82) is 0 Å². The Labute approximate surface area is 108 Å². The SMILES string of the molecule is COC(=O)c1ncsc1S(=O)(=O)N1CCC(O)C1. The Balaban J connectivity index is 2.36. The van der Waals surface area contributed by atoms with E-state index < -0.39 is 22.1 Å². The van der Waals surface area contributed by atoms with E-state index in [1.807, 2.05) is 0 Å². The summed E-state index contributed by atoms with van der Waals surface area (Å²) in [5, 5.41) is 9.38. The van der Waals surface area contributed by atoms with Crippen LogP contribution < -0.4 is 0 Å². The molecule has 1 aliphatic rings. The van der Waals surface area contributed by atoms with Crippen LogP contribution in [0.4, 0.5) is 0 Å². The molecule has 7 nitrogen and oxygen atoms in total. The van der Waals surface area contributed by atoms with Gasteiger partial charge in [0.15, 0.2) is 9.90 Å². The first-order valence-electron chi connectivity index (χ1n) is 5.17. The highest BCUT2D eigenvalue weighted by molar-refractivity contribution is 7.91. The van der Waals surface area contributed by atoms with Gasteiger partial charge in [0.2, 0.25) is 0 Å². The lowest BCUT2D eigenvalue weighted by Gasteiger charge is -2.14. The predicted molar refractivity (Wildman–Crippen MR) is 62.8 cm³/mol. The molecule has 0 bridgehead atoms. The van der Waals surface area contributed by atoms with Crippen molar-refractivity contribution in [2.24, 2.45) is 0 Å². The molecular formula is C9H12N2O5S2. The lowest BCUT2D eigenvalue weighted by molar-refractivity contribution is 0.0590. The average Bonchev–Trinajstić information content (AvgIpc) is 2.96. The van der Waals surface area contributed by atoms with Crippen molar-refractivity contribution < 1.29 is 23.1 Å². The van der Waals surface area contributed by atoms with E-state index in [9.17, 15) is 18.3 Å². The van der Waals surface area contributed by atoms with Crippen molar-refractivity contribution in [1.82, 2.24) is 9.29 Å². The summed E-state index contributed by atoms with van der Waals surface area (Å²) in [7, 11) is -2.62. The number of esters is 1. The van der Waals surface area contributed by atoms with Gasteiger partial charge in [0.25, 0.3) is 10.0 Å². The Morgan fingerprint density at radius 1 is 1.67 bits per heavy atom. The Bertz CT molecular complexity index is 553. The zero-order valence-electron chi connectivity index (χ0n) is 9.57. The van der Waals surface area contributed by atoms with Crippen molar-refractivity contribution in [3.63, 3.8) is 0 Å². The molecule has 1 aromatic heterocycles. The van der Waals surface area contributed by atoms with Crippen LogP contribution in [0.15, 0.2) is 9.72 Å². The second-order valence-electron chi connectivity index (χ2n) is 3.79. The number of rotatable bonds is 3. The van der Waals surface area contributed by atoms with Gasteiger partial charge in [-0.25, -0.2) is 18.2 Å². The molecule has 9 heteroatoms. The number of sulfonamides is 1. The van der Waals surface area contributed by atoms with Crippen molar-refractivity contribution in [3.05, 3.63) is 11.2 Å². The molecule has 2 heterocycles. The fraction of sp³-hybridized carbons (Fsp3) is 0.556. The maximum Gasteiger partial charge on any atom is 0.358 e. The van der Waals surface area contributed by atoms with Crippen LogP contribution >= 0.6 is 11.3 Å². The van der Waals surface area contributed by atoms with Crippen molar-refractivity contribution in [2.75, 3.05) is 20.2 Å². The number of β-amino-alcohol motifs (C(OH)–C–C–N with tert-alkyl or cyclic N) is 1. The molecule has 0 aromatic carbocycles. The van der Waals surface area contributed by atoms with Crippen LogP contribution in [0.2, 0.25) is 0 Å². The molecule has 0 amide bonds. The van der Waals surface area contributed by atoms with Crippen molar-refractivity contribution in [3.8, 4) is 0 Å². The second-order valence-corrected chi connectivity index (χ2v) is 6.77. The highest BCUT2D eigenvalue weighted by Gasteiger charge is 2.36. The predicted octanol–water partition coefficient (Wildman–Crippen LogP) is -0.315. The number of hydrogen-bond acceptors (Lipinski definition) is 7. The fourth-order valence-electron chi connectivity index (χ4n) is 1.70. The smallest absolute Gasteiger partial charge is 0.358 e. The number of hydrogen-bond donors (Lipinski definition) is 1. The summed E-state index contributed by atoms with van der Waals surface area (Å²) in [5.74, 6) is -0.783. The molecule has 1 atom stereocenters. The van der Waals surface area contributed by atoms with Crippen LogP contribution in [0.5, 0.6) is 0 Å². The summed E-state index contributed by atoms with van der Waals surface area (Å²) in [5.41, 5.74) is 1.08. The lowest BCUT2D eigenvalue weighted by Crippen LogP contribution is -2.30. The Kier molecular flexibility index (Phi) is 3.66. The molecule has 1 unspecified atom stereocenters. The van der Waals surface area contributed by atoms with Crippen molar-refractivity contribution in [2.45, 2.75) is 16.7 Å². The maximum atomic E-state index is 12.3. The molecule has 1 aliphatic heterocycles. The molecule has 0 aliphatic carbocycles. The van der Waals surface area contributed by atoms with Gasteiger partial charge in [-0.05, 0) is 6.42 Å². The van der Waals surface area contributed by atoms with E-state index >= 15 is 0 Å². The summed E-state index contributed by atoms with van der Waals surface area (Å²) in [6, 6.07) is 0. The number of carbonyl (C=O) groups excluding carboxylic acids is 1. The molecule has 1 aromatic rings. The first-order chi connectivity index (χ1) is 8.46. The number of methoxy groups -OCH3 is 1.